The van der Waals surface area contributed by atoms with E-state index >= 15 is 0 Å². The molecule has 4 aromatic rings. The monoisotopic (exact) mass is 689 g/mol. The third kappa shape index (κ3) is 8.32. The fourth-order valence-electron chi connectivity index (χ4n) is 5.55. The molecule has 2 aromatic carbocycles. The van der Waals surface area contributed by atoms with Crippen molar-refractivity contribution in [1.29, 1.82) is 0 Å². The number of carbonyl (C=O) groups excluding carboxylic acids is 1. The minimum absolute atomic E-state index is 0.0186. The second-order valence-corrected chi connectivity index (χ2v) is 11.2. The van der Waals surface area contributed by atoms with E-state index in [0.717, 1.165) is 5.56 Å². The summed E-state index contributed by atoms with van der Waals surface area (Å²) < 4.78 is 98.6. The van der Waals surface area contributed by atoms with Crippen molar-refractivity contribution in [3.05, 3.63) is 101 Å². The van der Waals surface area contributed by atoms with Crippen molar-refractivity contribution in [1.82, 2.24) is 15.0 Å². The summed E-state index contributed by atoms with van der Waals surface area (Å²) in [5, 5.41) is 3.21. The molecule has 0 spiro atoms. The lowest BCUT2D eigenvalue weighted by atomic mass is 9.93. The van der Waals surface area contributed by atoms with Crippen molar-refractivity contribution in [3.8, 4) is 11.6 Å². The van der Waals surface area contributed by atoms with Crippen LogP contribution in [0.4, 0.5) is 42.8 Å². The summed E-state index contributed by atoms with van der Waals surface area (Å²) in [6.07, 6.45) is -8.80. The Morgan fingerprint density at radius 1 is 0.939 bits per heavy atom. The molecule has 5 rings (SSSR count). The molecule has 260 valence electrons. The largest absolute Gasteiger partial charge is 0.485 e. The van der Waals surface area contributed by atoms with Gasteiger partial charge in [-0.25, -0.2) is 19.7 Å². The van der Waals surface area contributed by atoms with E-state index in [1.54, 1.807) is 43.3 Å². The molecule has 1 aliphatic heterocycles. The molecule has 9 nitrogen and oxygen atoms in total. The predicted molar refractivity (Wildman–Crippen MR) is 167 cm³/mol. The number of carbonyl (C=O) groups is 1. The van der Waals surface area contributed by atoms with Crippen molar-refractivity contribution in [2.75, 3.05) is 23.9 Å². The number of aromatic nitrogens is 3. The molecule has 3 heterocycles. The zero-order chi connectivity index (χ0) is 35.3. The highest BCUT2D eigenvalue weighted by molar-refractivity contribution is 5.90. The molecule has 0 bridgehead atoms. The van der Waals surface area contributed by atoms with E-state index in [1.807, 2.05) is 13.0 Å². The maximum atomic E-state index is 13.7. The summed E-state index contributed by atoms with van der Waals surface area (Å²) in [7, 11) is 1.44. The smallest absolute Gasteiger partial charge is 0.416 e. The Hall–Kier alpha value is -5.08. The number of hydrogen-bond donors (Lipinski definition) is 1. The Labute approximate surface area is 278 Å². The zero-order valence-corrected chi connectivity index (χ0v) is 26.7. The fourth-order valence-corrected chi connectivity index (χ4v) is 5.55. The number of fused-ring (bicyclic) bond motifs is 1. The zero-order valence-electron chi connectivity index (χ0n) is 26.7. The second kappa shape index (κ2) is 14.6. The quantitative estimate of drug-likeness (QED) is 0.166. The lowest BCUT2D eigenvalue weighted by Crippen LogP contribution is -2.46. The maximum absolute atomic E-state index is 13.7. The molecule has 1 aliphatic rings. The fraction of sp³-hybridized carbons (Fsp3) is 0.353. The van der Waals surface area contributed by atoms with Gasteiger partial charge in [0, 0.05) is 18.5 Å². The van der Waals surface area contributed by atoms with Crippen LogP contribution in [0.2, 0.25) is 0 Å². The van der Waals surface area contributed by atoms with Crippen LogP contribution in [0.15, 0.2) is 66.9 Å². The van der Waals surface area contributed by atoms with Gasteiger partial charge in [0.15, 0.2) is 5.75 Å². The molecule has 0 saturated carbocycles. The van der Waals surface area contributed by atoms with E-state index in [9.17, 15) is 31.1 Å². The number of ether oxygens (including phenoxy) is 3. The van der Waals surface area contributed by atoms with Crippen molar-refractivity contribution >= 4 is 17.7 Å². The van der Waals surface area contributed by atoms with Gasteiger partial charge in [0.25, 0.3) is 0 Å². The highest BCUT2D eigenvalue weighted by atomic mass is 19.4. The summed E-state index contributed by atoms with van der Waals surface area (Å²) in [4.78, 5) is 28.0. The third-order valence-electron chi connectivity index (χ3n) is 7.87. The van der Waals surface area contributed by atoms with Gasteiger partial charge in [0.05, 0.1) is 54.2 Å². The van der Waals surface area contributed by atoms with Gasteiger partial charge >= 0.3 is 18.4 Å². The molecule has 1 amide bonds. The average Bonchev–Trinajstić information content (AvgIpc) is 3.07. The van der Waals surface area contributed by atoms with Crippen LogP contribution in [-0.2, 0) is 30.1 Å². The molecular weight excluding hydrogens is 656 g/mol. The minimum Gasteiger partial charge on any atom is -0.485 e. The van der Waals surface area contributed by atoms with Gasteiger partial charge in [-0.05, 0) is 55.2 Å². The van der Waals surface area contributed by atoms with Gasteiger partial charge in [-0.1, -0.05) is 37.3 Å². The van der Waals surface area contributed by atoms with Crippen LogP contribution >= 0.6 is 0 Å². The van der Waals surface area contributed by atoms with Crippen LogP contribution in [-0.4, -0.2) is 40.8 Å². The molecule has 0 unspecified atom stereocenters. The Morgan fingerprint density at radius 2 is 1.63 bits per heavy atom. The van der Waals surface area contributed by atoms with Crippen molar-refractivity contribution < 1.29 is 45.3 Å². The second-order valence-electron chi connectivity index (χ2n) is 11.2. The van der Waals surface area contributed by atoms with E-state index in [1.165, 1.54) is 18.2 Å². The molecule has 49 heavy (non-hydrogen) atoms. The number of alkyl halides is 6. The highest BCUT2D eigenvalue weighted by Gasteiger charge is 2.39. The molecule has 0 saturated heterocycles. The number of amides is 1. The van der Waals surface area contributed by atoms with Crippen molar-refractivity contribution in [2.45, 2.75) is 64.2 Å². The first-order valence-electron chi connectivity index (χ1n) is 15.4. The SMILES string of the molecule is CCOC(=O)N1c2ccc(OC)nc2[C@@H](Nc2ncc(OCc3ccccc3)c(Cc3cc(C(F)(F)F)cc(C(F)(F)F)c3)n2)C[C@H]1CC. The van der Waals surface area contributed by atoms with E-state index in [4.69, 9.17) is 14.2 Å². The van der Waals surface area contributed by atoms with E-state index in [-0.39, 0.29) is 54.2 Å². The Bertz CT molecular complexity index is 1740. The summed E-state index contributed by atoms with van der Waals surface area (Å²) in [5.41, 5.74) is -1.43. The Balaban J connectivity index is 1.54. The lowest BCUT2D eigenvalue weighted by molar-refractivity contribution is -0.143. The molecule has 2 atom stereocenters. The minimum atomic E-state index is -5.02. The van der Waals surface area contributed by atoms with Crippen LogP contribution in [0, 0.1) is 0 Å². The number of hydrogen-bond acceptors (Lipinski definition) is 8. The molecule has 0 fully saturated rings. The Kier molecular flexibility index (Phi) is 10.5. The van der Waals surface area contributed by atoms with Crippen LogP contribution in [0.25, 0.3) is 0 Å². The lowest BCUT2D eigenvalue weighted by Gasteiger charge is -2.39. The average molecular weight is 690 g/mol. The topological polar surface area (TPSA) is 98.7 Å². The predicted octanol–water partition coefficient (Wildman–Crippen LogP) is 8.39. The van der Waals surface area contributed by atoms with Crippen LogP contribution in [0.3, 0.4) is 0 Å². The number of rotatable bonds is 10. The number of anilines is 2. The first kappa shape index (κ1) is 35.2. The first-order valence-corrected chi connectivity index (χ1v) is 15.4. The van der Waals surface area contributed by atoms with Gasteiger partial charge in [0.1, 0.15) is 6.61 Å². The summed E-state index contributed by atoms with van der Waals surface area (Å²) in [6, 6.07) is 12.8. The summed E-state index contributed by atoms with van der Waals surface area (Å²) in [5.74, 6) is 0.370. The molecular formula is C34H33F6N5O4. The number of pyridine rings is 1. The van der Waals surface area contributed by atoms with Gasteiger partial charge in [-0.15, -0.1) is 0 Å². The van der Waals surface area contributed by atoms with Gasteiger partial charge in [-0.2, -0.15) is 26.3 Å². The van der Waals surface area contributed by atoms with E-state index in [0.29, 0.717) is 36.4 Å². The van der Waals surface area contributed by atoms with Gasteiger partial charge in [0.2, 0.25) is 11.8 Å². The number of halogens is 6. The first-order chi connectivity index (χ1) is 23.3. The van der Waals surface area contributed by atoms with Crippen molar-refractivity contribution in [2.24, 2.45) is 0 Å². The van der Waals surface area contributed by atoms with Crippen LogP contribution in [0.1, 0.15) is 66.4 Å². The molecule has 0 aliphatic carbocycles. The maximum Gasteiger partial charge on any atom is 0.416 e. The molecule has 0 radical (unpaired) electrons. The van der Waals surface area contributed by atoms with Crippen LogP contribution < -0.4 is 19.7 Å². The Morgan fingerprint density at radius 3 is 2.24 bits per heavy atom. The normalized spacial score (nSPS) is 16.1. The number of nitrogens with one attached hydrogen (secondary N) is 1. The molecule has 15 heteroatoms. The van der Waals surface area contributed by atoms with E-state index < -0.39 is 42.0 Å². The molecule has 1 N–H and O–H groups in total. The highest BCUT2D eigenvalue weighted by Crippen LogP contribution is 2.41. The summed E-state index contributed by atoms with van der Waals surface area (Å²) >= 11 is 0. The van der Waals surface area contributed by atoms with E-state index in [2.05, 4.69) is 20.3 Å². The third-order valence-corrected chi connectivity index (χ3v) is 7.87. The van der Waals surface area contributed by atoms with Crippen molar-refractivity contribution in [3.63, 3.8) is 0 Å². The number of methoxy groups -OCH3 is 1. The number of nitrogens with zero attached hydrogens (tertiary/aromatic N) is 4. The molecule has 2 aromatic heterocycles. The number of benzene rings is 2. The van der Waals surface area contributed by atoms with Gasteiger partial charge < -0.3 is 19.5 Å². The standard InChI is InChI=1S/C34H33F6N5O4/c1-4-24-17-26(30-27(11-12-29(44-30)47-3)45(24)32(46)48-5-2)43-31-41-18-28(49-19-20-9-7-6-8-10-20)25(42-31)15-21-13-22(33(35,36)37)16-23(14-21)34(38,39)40/h6-14,16,18,24,26H,4-5,15,17,19H2,1-3H3,(H,41,42,43)/t24-,26+/m1/s1. The van der Waals surface area contributed by atoms with Gasteiger partial charge in [-0.3, -0.25) is 4.90 Å². The van der Waals surface area contributed by atoms with Crippen LogP contribution in [0.5, 0.6) is 11.6 Å². The summed E-state index contributed by atoms with van der Waals surface area (Å²) in [6.45, 7) is 3.82.